The normalized spacial score (nSPS) is 18.6. The van der Waals surface area contributed by atoms with Gasteiger partial charge in [0.2, 0.25) is 0 Å². The first-order valence-corrected chi connectivity index (χ1v) is 6.92. The third-order valence-electron chi connectivity index (χ3n) is 3.87. The molecule has 1 fully saturated rings. The zero-order valence-electron chi connectivity index (χ0n) is 11.9. The minimum absolute atomic E-state index is 0.187. The highest BCUT2D eigenvalue weighted by molar-refractivity contribution is 5.20. The van der Waals surface area contributed by atoms with Crippen LogP contribution in [0, 0.1) is 12.8 Å². The number of hydrogen-bond acceptors (Lipinski definition) is 3. The lowest BCUT2D eigenvalue weighted by molar-refractivity contribution is -0.185. The van der Waals surface area contributed by atoms with Gasteiger partial charge in [-0.3, -0.25) is 4.90 Å². The Morgan fingerprint density at radius 2 is 2.00 bits per heavy atom. The first-order valence-electron chi connectivity index (χ1n) is 6.92. The molecule has 0 spiro atoms. The highest BCUT2D eigenvalue weighted by Crippen LogP contribution is 2.34. The maximum Gasteiger partial charge on any atom is 0.391 e. The Morgan fingerprint density at radius 1 is 1.35 bits per heavy atom. The van der Waals surface area contributed by atoms with E-state index in [1.165, 1.54) is 0 Å². The van der Waals surface area contributed by atoms with Gasteiger partial charge in [-0.1, -0.05) is 0 Å². The van der Waals surface area contributed by atoms with Crippen molar-refractivity contribution in [1.29, 1.82) is 0 Å². The van der Waals surface area contributed by atoms with Crippen LogP contribution in [-0.2, 0) is 13.1 Å². The quantitative estimate of drug-likeness (QED) is 0.923. The van der Waals surface area contributed by atoms with Crippen molar-refractivity contribution in [2.45, 2.75) is 39.0 Å². The summed E-state index contributed by atoms with van der Waals surface area (Å²) in [7, 11) is 1.87. The molecule has 1 aromatic rings. The van der Waals surface area contributed by atoms with Gasteiger partial charge in [0, 0.05) is 12.1 Å². The van der Waals surface area contributed by atoms with Crippen molar-refractivity contribution in [3.05, 3.63) is 23.2 Å². The summed E-state index contributed by atoms with van der Waals surface area (Å²) in [6, 6.07) is 1.99. The third-order valence-corrected chi connectivity index (χ3v) is 3.87. The molecule has 1 aromatic heterocycles. The van der Waals surface area contributed by atoms with Gasteiger partial charge in [0.15, 0.2) is 0 Å². The average Bonchev–Trinajstić information content (AvgIpc) is 2.70. The van der Waals surface area contributed by atoms with E-state index in [9.17, 15) is 13.2 Å². The Labute approximate surface area is 117 Å². The summed E-state index contributed by atoms with van der Waals surface area (Å²) in [5.74, 6) is 0.565. The highest BCUT2D eigenvalue weighted by atomic mass is 19.4. The Balaban J connectivity index is 1.88. The molecule has 3 nitrogen and oxygen atoms in total. The van der Waals surface area contributed by atoms with E-state index in [1.54, 1.807) is 0 Å². The van der Waals surface area contributed by atoms with Gasteiger partial charge in [0.05, 0.1) is 12.5 Å². The summed E-state index contributed by atoms with van der Waals surface area (Å²) in [6.07, 6.45) is -3.67. The van der Waals surface area contributed by atoms with Crippen molar-refractivity contribution in [1.82, 2.24) is 10.2 Å². The second-order valence-electron chi connectivity index (χ2n) is 5.42. The predicted molar refractivity (Wildman–Crippen MR) is 70.3 cm³/mol. The molecule has 0 bridgehead atoms. The van der Waals surface area contributed by atoms with E-state index in [1.807, 2.05) is 24.9 Å². The second kappa shape index (κ2) is 6.18. The molecule has 0 saturated carbocycles. The molecule has 0 unspecified atom stereocenters. The van der Waals surface area contributed by atoms with Gasteiger partial charge in [-0.15, -0.1) is 0 Å². The molecule has 2 rings (SSSR count). The van der Waals surface area contributed by atoms with Gasteiger partial charge in [0.25, 0.3) is 0 Å². The van der Waals surface area contributed by atoms with Crippen molar-refractivity contribution in [2.75, 3.05) is 20.1 Å². The number of hydrogen-bond donors (Lipinski definition) is 1. The zero-order chi connectivity index (χ0) is 14.8. The molecule has 0 aliphatic carbocycles. The molecular formula is C14H21F3N2O. The number of nitrogens with zero attached hydrogens (tertiary/aromatic N) is 1. The van der Waals surface area contributed by atoms with E-state index in [0.29, 0.717) is 19.6 Å². The van der Waals surface area contributed by atoms with Gasteiger partial charge in [-0.2, -0.15) is 13.2 Å². The molecule has 1 saturated heterocycles. The average molecular weight is 290 g/mol. The van der Waals surface area contributed by atoms with Crippen LogP contribution in [0.4, 0.5) is 13.2 Å². The fraction of sp³-hybridized carbons (Fsp3) is 0.714. The molecule has 1 aliphatic rings. The van der Waals surface area contributed by atoms with E-state index < -0.39 is 12.1 Å². The lowest BCUT2D eigenvalue weighted by atomic mass is 9.96. The lowest BCUT2D eigenvalue weighted by Gasteiger charge is -2.32. The first-order chi connectivity index (χ1) is 9.40. The van der Waals surface area contributed by atoms with Crippen molar-refractivity contribution < 1.29 is 17.6 Å². The monoisotopic (exact) mass is 290 g/mol. The van der Waals surface area contributed by atoms with Crippen LogP contribution in [0.1, 0.15) is 29.9 Å². The first kappa shape index (κ1) is 15.4. The van der Waals surface area contributed by atoms with Gasteiger partial charge in [-0.05, 0) is 46.0 Å². The SMILES string of the molecule is CNCc1cc(CN2CCC(C(F)(F)F)CC2)oc1C. The van der Waals surface area contributed by atoms with Crippen molar-refractivity contribution >= 4 is 0 Å². The van der Waals surface area contributed by atoms with Crippen LogP contribution in [0.5, 0.6) is 0 Å². The highest BCUT2D eigenvalue weighted by Gasteiger charge is 2.41. The maximum absolute atomic E-state index is 12.6. The lowest BCUT2D eigenvalue weighted by Crippen LogP contribution is -2.38. The van der Waals surface area contributed by atoms with E-state index in [2.05, 4.69) is 5.32 Å². The third kappa shape index (κ3) is 3.76. The van der Waals surface area contributed by atoms with Crippen LogP contribution >= 0.6 is 0 Å². The number of likely N-dealkylation sites (tertiary alicyclic amines) is 1. The predicted octanol–water partition coefficient (Wildman–Crippen LogP) is 3.08. The number of aryl methyl sites for hydroxylation is 1. The van der Waals surface area contributed by atoms with Gasteiger partial charge in [-0.25, -0.2) is 0 Å². The molecular weight excluding hydrogens is 269 g/mol. The molecule has 1 N–H and O–H groups in total. The van der Waals surface area contributed by atoms with Crippen molar-refractivity contribution in [3.63, 3.8) is 0 Å². The molecule has 2 heterocycles. The minimum atomic E-state index is -4.05. The number of nitrogens with one attached hydrogen (secondary N) is 1. The van der Waals surface area contributed by atoms with Crippen LogP contribution in [0.15, 0.2) is 10.5 Å². The zero-order valence-corrected chi connectivity index (χ0v) is 11.9. The van der Waals surface area contributed by atoms with Gasteiger partial charge in [0.1, 0.15) is 11.5 Å². The van der Waals surface area contributed by atoms with Crippen molar-refractivity contribution in [2.24, 2.45) is 5.92 Å². The van der Waals surface area contributed by atoms with Gasteiger partial charge < -0.3 is 9.73 Å². The number of piperidine rings is 1. The summed E-state index contributed by atoms with van der Waals surface area (Å²) < 4.78 is 43.4. The topological polar surface area (TPSA) is 28.4 Å². The number of rotatable bonds is 4. The molecule has 1 aliphatic heterocycles. The summed E-state index contributed by atoms with van der Waals surface area (Å²) in [5, 5.41) is 3.07. The van der Waals surface area contributed by atoms with E-state index in [-0.39, 0.29) is 12.8 Å². The Bertz CT molecular complexity index is 434. The summed E-state index contributed by atoms with van der Waals surface area (Å²) in [6.45, 7) is 4.20. The molecule has 0 amide bonds. The second-order valence-corrected chi connectivity index (χ2v) is 5.42. The van der Waals surface area contributed by atoms with E-state index in [4.69, 9.17) is 4.42 Å². The number of halogens is 3. The maximum atomic E-state index is 12.6. The minimum Gasteiger partial charge on any atom is -0.465 e. The molecule has 20 heavy (non-hydrogen) atoms. The standard InChI is InChI=1S/C14H21F3N2O/c1-10-11(8-18-2)7-13(20-10)9-19-5-3-12(4-6-19)14(15,16)17/h7,12,18H,3-6,8-9H2,1-2H3. The van der Waals surface area contributed by atoms with Crippen LogP contribution < -0.4 is 5.32 Å². The Morgan fingerprint density at radius 3 is 2.55 bits per heavy atom. The van der Waals surface area contributed by atoms with Crippen LogP contribution in [0.3, 0.4) is 0 Å². The van der Waals surface area contributed by atoms with Crippen LogP contribution in [0.25, 0.3) is 0 Å². The van der Waals surface area contributed by atoms with E-state index >= 15 is 0 Å². The summed E-state index contributed by atoms with van der Waals surface area (Å²) in [4.78, 5) is 2.03. The van der Waals surface area contributed by atoms with Crippen molar-refractivity contribution in [3.8, 4) is 0 Å². The smallest absolute Gasteiger partial charge is 0.391 e. The molecule has 0 atom stereocenters. The van der Waals surface area contributed by atoms with Gasteiger partial charge >= 0.3 is 6.18 Å². The van der Waals surface area contributed by atoms with Crippen LogP contribution in [0.2, 0.25) is 0 Å². The molecule has 0 aromatic carbocycles. The molecule has 0 radical (unpaired) electrons. The molecule has 6 heteroatoms. The Hall–Kier alpha value is -1.01. The van der Waals surface area contributed by atoms with Crippen LogP contribution in [-0.4, -0.2) is 31.2 Å². The fourth-order valence-electron chi connectivity index (χ4n) is 2.67. The summed E-state index contributed by atoms with van der Waals surface area (Å²) in [5.41, 5.74) is 1.10. The fourth-order valence-corrected chi connectivity index (χ4v) is 2.67. The number of furan rings is 1. The summed E-state index contributed by atoms with van der Waals surface area (Å²) >= 11 is 0. The molecule has 114 valence electrons. The van der Waals surface area contributed by atoms with E-state index in [0.717, 1.165) is 23.6 Å². The number of alkyl halides is 3. The largest absolute Gasteiger partial charge is 0.465 e. The Kier molecular flexibility index (Phi) is 4.75.